The van der Waals surface area contributed by atoms with Gasteiger partial charge >= 0.3 is 0 Å². The predicted octanol–water partition coefficient (Wildman–Crippen LogP) is 3.29. The molecule has 1 aromatic heterocycles. The van der Waals surface area contributed by atoms with E-state index in [1.54, 1.807) is 6.33 Å². The van der Waals surface area contributed by atoms with Gasteiger partial charge in [0.25, 0.3) is 0 Å². The molecule has 0 amide bonds. The molecule has 0 bridgehead atoms. The van der Waals surface area contributed by atoms with Gasteiger partial charge in [0, 0.05) is 30.4 Å². The standard InChI is InChI=1S/C17H23N3O/c1-3-8-20-17(15-11-18-13-19-12-15)7-9-21-16-6-4-5-14(2)10-16/h4-6,10-13,17,20H,3,7-9H2,1-2H3. The van der Waals surface area contributed by atoms with Crippen molar-refractivity contribution < 1.29 is 4.74 Å². The summed E-state index contributed by atoms with van der Waals surface area (Å²) in [7, 11) is 0. The van der Waals surface area contributed by atoms with E-state index in [-0.39, 0.29) is 6.04 Å². The zero-order valence-electron chi connectivity index (χ0n) is 12.7. The summed E-state index contributed by atoms with van der Waals surface area (Å²) in [5.74, 6) is 0.925. The number of ether oxygens (including phenoxy) is 1. The Labute approximate surface area is 126 Å². The second-order valence-corrected chi connectivity index (χ2v) is 5.13. The largest absolute Gasteiger partial charge is 0.494 e. The van der Waals surface area contributed by atoms with Gasteiger partial charge in [0.15, 0.2) is 0 Å². The van der Waals surface area contributed by atoms with Crippen molar-refractivity contribution in [3.63, 3.8) is 0 Å². The first-order valence-electron chi connectivity index (χ1n) is 7.47. The third-order valence-corrected chi connectivity index (χ3v) is 3.29. The number of benzene rings is 1. The topological polar surface area (TPSA) is 47.0 Å². The van der Waals surface area contributed by atoms with E-state index >= 15 is 0 Å². The van der Waals surface area contributed by atoms with E-state index in [1.165, 1.54) is 5.56 Å². The van der Waals surface area contributed by atoms with E-state index in [0.717, 1.165) is 30.7 Å². The van der Waals surface area contributed by atoms with Gasteiger partial charge in [-0.2, -0.15) is 0 Å². The molecule has 4 nitrogen and oxygen atoms in total. The summed E-state index contributed by atoms with van der Waals surface area (Å²) in [6.45, 7) is 5.87. The van der Waals surface area contributed by atoms with Gasteiger partial charge in [0.2, 0.25) is 0 Å². The fourth-order valence-corrected chi connectivity index (χ4v) is 2.20. The lowest BCUT2D eigenvalue weighted by Crippen LogP contribution is -2.24. The summed E-state index contributed by atoms with van der Waals surface area (Å²) in [4.78, 5) is 8.20. The molecular weight excluding hydrogens is 262 g/mol. The summed E-state index contributed by atoms with van der Waals surface area (Å²) in [6.07, 6.45) is 7.29. The lowest BCUT2D eigenvalue weighted by molar-refractivity contribution is 0.286. The van der Waals surface area contributed by atoms with Gasteiger partial charge in [-0.05, 0) is 37.6 Å². The van der Waals surface area contributed by atoms with Gasteiger partial charge in [-0.25, -0.2) is 9.97 Å². The highest BCUT2D eigenvalue weighted by Gasteiger charge is 2.11. The fourth-order valence-electron chi connectivity index (χ4n) is 2.20. The third kappa shape index (κ3) is 5.16. The molecule has 4 heteroatoms. The highest BCUT2D eigenvalue weighted by atomic mass is 16.5. The molecule has 0 spiro atoms. The minimum absolute atomic E-state index is 0.232. The van der Waals surface area contributed by atoms with Crippen LogP contribution in [-0.2, 0) is 0 Å². The van der Waals surface area contributed by atoms with Gasteiger partial charge in [0.1, 0.15) is 12.1 Å². The highest BCUT2D eigenvalue weighted by Crippen LogP contribution is 2.17. The number of hydrogen-bond donors (Lipinski definition) is 1. The molecule has 1 heterocycles. The summed E-state index contributed by atoms with van der Waals surface area (Å²) in [5.41, 5.74) is 2.32. The van der Waals surface area contributed by atoms with E-state index in [2.05, 4.69) is 41.3 Å². The second kappa shape index (κ2) is 8.37. The quantitative estimate of drug-likeness (QED) is 0.808. The number of nitrogens with zero attached hydrogens (tertiary/aromatic N) is 2. The number of nitrogens with one attached hydrogen (secondary N) is 1. The summed E-state index contributed by atoms with van der Waals surface area (Å²) in [6, 6.07) is 8.37. The lowest BCUT2D eigenvalue weighted by Gasteiger charge is -2.18. The molecule has 0 saturated carbocycles. The smallest absolute Gasteiger partial charge is 0.119 e. The molecule has 0 aliphatic heterocycles. The fraction of sp³-hybridized carbons (Fsp3) is 0.412. The SMILES string of the molecule is CCCNC(CCOc1cccc(C)c1)c1cncnc1. The van der Waals surface area contributed by atoms with Crippen LogP contribution in [0.4, 0.5) is 0 Å². The van der Waals surface area contributed by atoms with Gasteiger partial charge in [0.05, 0.1) is 6.61 Å². The zero-order chi connectivity index (χ0) is 14.9. The maximum atomic E-state index is 5.84. The Morgan fingerprint density at radius 1 is 1.24 bits per heavy atom. The van der Waals surface area contributed by atoms with Gasteiger partial charge in [-0.3, -0.25) is 0 Å². The number of hydrogen-bond acceptors (Lipinski definition) is 4. The van der Waals surface area contributed by atoms with Gasteiger partial charge in [-0.15, -0.1) is 0 Å². The van der Waals surface area contributed by atoms with Crippen LogP contribution in [0, 0.1) is 6.92 Å². The maximum absolute atomic E-state index is 5.84. The Hall–Kier alpha value is -1.94. The minimum atomic E-state index is 0.232. The molecule has 0 fully saturated rings. The predicted molar refractivity (Wildman–Crippen MR) is 84.4 cm³/mol. The molecule has 0 aliphatic carbocycles. The monoisotopic (exact) mass is 285 g/mol. The van der Waals surface area contributed by atoms with Crippen LogP contribution in [0.5, 0.6) is 5.75 Å². The number of aromatic nitrogens is 2. The van der Waals surface area contributed by atoms with Crippen LogP contribution in [-0.4, -0.2) is 23.1 Å². The lowest BCUT2D eigenvalue weighted by atomic mass is 10.1. The van der Waals surface area contributed by atoms with Crippen LogP contribution < -0.4 is 10.1 Å². The van der Waals surface area contributed by atoms with E-state index in [1.807, 2.05) is 24.5 Å². The van der Waals surface area contributed by atoms with Crippen molar-refractivity contribution in [2.75, 3.05) is 13.2 Å². The molecule has 0 aliphatic rings. The first-order valence-corrected chi connectivity index (χ1v) is 7.47. The Kier molecular flexibility index (Phi) is 6.16. The molecule has 112 valence electrons. The van der Waals surface area contributed by atoms with E-state index < -0.39 is 0 Å². The Bertz CT molecular complexity index is 531. The van der Waals surface area contributed by atoms with Crippen molar-refractivity contribution in [2.24, 2.45) is 0 Å². The molecule has 0 saturated heterocycles. The van der Waals surface area contributed by atoms with Crippen LogP contribution in [0.3, 0.4) is 0 Å². The van der Waals surface area contributed by atoms with E-state index in [4.69, 9.17) is 4.74 Å². The first-order chi connectivity index (χ1) is 10.3. The molecule has 2 rings (SSSR count). The van der Waals surface area contributed by atoms with Crippen molar-refractivity contribution in [2.45, 2.75) is 32.7 Å². The van der Waals surface area contributed by atoms with E-state index in [9.17, 15) is 0 Å². The average Bonchev–Trinajstić information content (AvgIpc) is 2.51. The Balaban J connectivity index is 1.90. The molecule has 1 N–H and O–H groups in total. The van der Waals surface area contributed by atoms with Crippen LogP contribution in [0.25, 0.3) is 0 Å². The second-order valence-electron chi connectivity index (χ2n) is 5.13. The average molecular weight is 285 g/mol. The molecule has 21 heavy (non-hydrogen) atoms. The molecule has 1 atom stereocenters. The summed E-state index contributed by atoms with van der Waals surface area (Å²) in [5, 5.41) is 3.52. The van der Waals surface area contributed by atoms with Gasteiger partial charge in [-0.1, -0.05) is 19.1 Å². The Morgan fingerprint density at radius 2 is 2.05 bits per heavy atom. The molecule has 1 aromatic carbocycles. The van der Waals surface area contributed by atoms with Crippen LogP contribution in [0.1, 0.15) is 36.9 Å². The Morgan fingerprint density at radius 3 is 2.76 bits per heavy atom. The van der Waals surface area contributed by atoms with Crippen molar-refractivity contribution in [3.8, 4) is 5.75 Å². The molecular formula is C17H23N3O. The maximum Gasteiger partial charge on any atom is 0.119 e. The zero-order valence-corrected chi connectivity index (χ0v) is 12.7. The van der Waals surface area contributed by atoms with Crippen LogP contribution in [0.15, 0.2) is 43.0 Å². The van der Waals surface area contributed by atoms with Crippen LogP contribution in [0.2, 0.25) is 0 Å². The van der Waals surface area contributed by atoms with Crippen molar-refractivity contribution >= 4 is 0 Å². The van der Waals surface area contributed by atoms with Gasteiger partial charge < -0.3 is 10.1 Å². The number of rotatable bonds is 8. The molecule has 0 radical (unpaired) electrons. The minimum Gasteiger partial charge on any atom is -0.494 e. The van der Waals surface area contributed by atoms with E-state index in [0.29, 0.717) is 6.61 Å². The summed E-state index contributed by atoms with van der Waals surface area (Å²) >= 11 is 0. The molecule has 2 aromatic rings. The molecule has 1 unspecified atom stereocenters. The van der Waals surface area contributed by atoms with Crippen molar-refractivity contribution in [1.82, 2.24) is 15.3 Å². The third-order valence-electron chi connectivity index (χ3n) is 3.29. The first kappa shape index (κ1) is 15.4. The summed E-state index contributed by atoms with van der Waals surface area (Å²) < 4.78 is 5.84. The number of aryl methyl sites for hydroxylation is 1. The van der Waals surface area contributed by atoms with Crippen LogP contribution >= 0.6 is 0 Å². The normalized spacial score (nSPS) is 12.1. The van der Waals surface area contributed by atoms with Crippen molar-refractivity contribution in [1.29, 1.82) is 0 Å². The highest BCUT2D eigenvalue weighted by molar-refractivity contribution is 5.27. The van der Waals surface area contributed by atoms with Crippen molar-refractivity contribution in [3.05, 3.63) is 54.1 Å².